The average Bonchev–Trinajstić information content (AvgIpc) is 2.41. The summed E-state index contributed by atoms with van der Waals surface area (Å²) in [6.07, 6.45) is 3.71. The van der Waals surface area contributed by atoms with Crippen LogP contribution in [0.4, 0.5) is 0 Å². The molecule has 0 N–H and O–H groups in total. The lowest BCUT2D eigenvalue weighted by Gasteiger charge is -2.56. The highest BCUT2D eigenvalue weighted by atomic mass is 16.5. The van der Waals surface area contributed by atoms with E-state index >= 15 is 0 Å². The van der Waals surface area contributed by atoms with Crippen LogP contribution in [0.3, 0.4) is 0 Å². The van der Waals surface area contributed by atoms with Crippen LogP contribution in [0.1, 0.15) is 25.0 Å². The van der Waals surface area contributed by atoms with Gasteiger partial charge in [-0.3, -0.25) is 4.98 Å². The van der Waals surface area contributed by atoms with Crippen LogP contribution in [0.15, 0.2) is 54.9 Å². The average molecular weight is 239 g/mol. The van der Waals surface area contributed by atoms with Gasteiger partial charge in [-0.2, -0.15) is 0 Å². The molecule has 2 aromatic rings. The highest BCUT2D eigenvalue weighted by Crippen LogP contribution is 2.55. The Kier molecular flexibility index (Phi) is 2.49. The van der Waals surface area contributed by atoms with E-state index in [1.807, 2.05) is 18.3 Å². The molecule has 0 aliphatic carbocycles. The Bertz CT molecular complexity index is 494. The van der Waals surface area contributed by atoms with Gasteiger partial charge in [0, 0.05) is 23.4 Å². The van der Waals surface area contributed by atoms with Crippen molar-refractivity contribution in [3.05, 3.63) is 66.0 Å². The van der Waals surface area contributed by atoms with Gasteiger partial charge in [-0.05, 0) is 11.6 Å². The molecule has 0 amide bonds. The second kappa shape index (κ2) is 3.92. The second-order valence-corrected chi connectivity index (χ2v) is 5.46. The summed E-state index contributed by atoms with van der Waals surface area (Å²) in [5.74, 6) is 0. The molecule has 92 valence electrons. The molecule has 2 nitrogen and oxygen atoms in total. The molecule has 1 saturated heterocycles. The minimum atomic E-state index is -0.359. The number of hydrogen-bond acceptors (Lipinski definition) is 2. The third-order valence-electron chi connectivity index (χ3n) is 3.85. The van der Waals surface area contributed by atoms with Gasteiger partial charge in [0.1, 0.15) is 5.60 Å². The highest BCUT2D eigenvalue weighted by Gasteiger charge is 2.57. The van der Waals surface area contributed by atoms with Crippen molar-refractivity contribution in [2.75, 3.05) is 6.61 Å². The SMILES string of the molecule is CC1(C)CO[C@]1(c1ccccc1)c1cccnc1. The van der Waals surface area contributed by atoms with Crippen LogP contribution < -0.4 is 0 Å². The lowest BCUT2D eigenvalue weighted by Crippen LogP contribution is -2.58. The Morgan fingerprint density at radius 1 is 1.00 bits per heavy atom. The summed E-state index contributed by atoms with van der Waals surface area (Å²) < 4.78 is 6.07. The molecule has 1 aromatic heterocycles. The largest absolute Gasteiger partial charge is 0.364 e. The minimum Gasteiger partial charge on any atom is -0.364 e. The predicted octanol–water partition coefficient (Wildman–Crippen LogP) is 3.38. The van der Waals surface area contributed by atoms with Crippen LogP contribution in [-0.2, 0) is 10.3 Å². The van der Waals surface area contributed by atoms with Gasteiger partial charge < -0.3 is 4.74 Å². The zero-order chi connectivity index (χ0) is 12.6. The zero-order valence-electron chi connectivity index (χ0n) is 10.8. The van der Waals surface area contributed by atoms with Crippen molar-refractivity contribution in [3.8, 4) is 0 Å². The van der Waals surface area contributed by atoms with E-state index in [9.17, 15) is 0 Å². The number of benzene rings is 1. The van der Waals surface area contributed by atoms with Gasteiger partial charge in [-0.25, -0.2) is 0 Å². The maximum atomic E-state index is 6.07. The number of ether oxygens (including phenoxy) is 1. The van der Waals surface area contributed by atoms with E-state index in [1.165, 1.54) is 5.56 Å². The van der Waals surface area contributed by atoms with Crippen LogP contribution in [0.2, 0.25) is 0 Å². The Morgan fingerprint density at radius 3 is 2.22 bits per heavy atom. The fourth-order valence-corrected chi connectivity index (χ4v) is 2.86. The second-order valence-electron chi connectivity index (χ2n) is 5.46. The number of pyridine rings is 1. The lowest BCUT2D eigenvalue weighted by atomic mass is 9.63. The van der Waals surface area contributed by atoms with E-state index in [0.29, 0.717) is 0 Å². The summed E-state index contributed by atoms with van der Waals surface area (Å²) in [6, 6.07) is 14.5. The Morgan fingerprint density at radius 2 is 1.72 bits per heavy atom. The number of aromatic nitrogens is 1. The van der Waals surface area contributed by atoms with Crippen LogP contribution in [0.25, 0.3) is 0 Å². The zero-order valence-corrected chi connectivity index (χ0v) is 10.8. The first-order chi connectivity index (χ1) is 8.67. The first-order valence-corrected chi connectivity index (χ1v) is 6.27. The van der Waals surface area contributed by atoms with Crippen molar-refractivity contribution < 1.29 is 4.74 Å². The summed E-state index contributed by atoms with van der Waals surface area (Å²) in [5.41, 5.74) is 2.06. The van der Waals surface area contributed by atoms with E-state index in [4.69, 9.17) is 4.74 Å². The van der Waals surface area contributed by atoms with Crippen molar-refractivity contribution in [1.29, 1.82) is 0 Å². The molecule has 3 rings (SSSR count). The van der Waals surface area contributed by atoms with Crippen molar-refractivity contribution in [2.45, 2.75) is 19.4 Å². The maximum absolute atomic E-state index is 6.07. The fourth-order valence-electron chi connectivity index (χ4n) is 2.86. The van der Waals surface area contributed by atoms with Crippen LogP contribution in [0.5, 0.6) is 0 Å². The molecular weight excluding hydrogens is 222 g/mol. The third-order valence-corrected chi connectivity index (χ3v) is 3.85. The number of nitrogens with zero attached hydrogens (tertiary/aromatic N) is 1. The van der Waals surface area contributed by atoms with Crippen LogP contribution >= 0.6 is 0 Å². The molecule has 0 unspecified atom stereocenters. The summed E-state index contributed by atoms with van der Waals surface area (Å²) in [5, 5.41) is 0. The molecule has 1 aromatic carbocycles. The number of rotatable bonds is 2. The van der Waals surface area contributed by atoms with Crippen molar-refractivity contribution in [3.63, 3.8) is 0 Å². The van der Waals surface area contributed by atoms with E-state index in [2.05, 4.69) is 49.2 Å². The van der Waals surface area contributed by atoms with E-state index in [0.717, 1.165) is 12.2 Å². The van der Waals surface area contributed by atoms with E-state index in [-0.39, 0.29) is 11.0 Å². The normalized spacial score (nSPS) is 25.4. The van der Waals surface area contributed by atoms with Gasteiger partial charge >= 0.3 is 0 Å². The third kappa shape index (κ3) is 1.42. The maximum Gasteiger partial charge on any atom is 0.127 e. The van der Waals surface area contributed by atoms with Crippen molar-refractivity contribution >= 4 is 0 Å². The molecule has 1 atom stereocenters. The molecule has 1 aliphatic heterocycles. The van der Waals surface area contributed by atoms with E-state index in [1.54, 1.807) is 6.20 Å². The van der Waals surface area contributed by atoms with Crippen molar-refractivity contribution in [1.82, 2.24) is 4.98 Å². The quantitative estimate of drug-likeness (QED) is 0.801. The van der Waals surface area contributed by atoms with Gasteiger partial charge in [0.25, 0.3) is 0 Å². The molecule has 1 fully saturated rings. The minimum absolute atomic E-state index is 0.0807. The molecule has 0 spiro atoms. The molecule has 1 aliphatic rings. The first-order valence-electron chi connectivity index (χ1n) is 6.27. The van der Waals surface area contributed by atoms with Gasteiger partial charge in [0.2, 0.25) is 0 Å². The molecule has 0 bridgehead atoms. The van der Waals surface area contributed by atoms with Gasteiger partial charge in [-0.1, -0.05) is 50.2 Å². The summed E-state index contributed by atoms with van der Waals surface area (Å²) in [4.78, 5) is 4.24. The number of hydrogen-bond donors (Lipinski definition) is 0. The standard InChI is InChI=1S/C16H17NO/c1-15(2)12-18-16(15,13-7-4-3-5-8-13)14-9-6-10-17-11-14/h3-11H,12H2,1-2H3/t16-/m1/s1. The van der Waals surface area contributed by atoms with Crippen LogP contribution in [0, 0.1) is 5.41 Å². The molecule has 0 saturated carbocycles. The summed E-state index contributed by atoms with van der Waals surface area (Å²) in [7, 11) is 0. The summed E-state index contributed by atoms with van der Waals surface area (Å²) >= 11 is 0. The Hall–Kier alpha value is -1.67. The van der Waals surface area contributed by atoms with Gasteiger partial charge in [0.05, 0.1) is 6.61 Å². The summed E-state index contributed by atoms with van der Waals surface area (Å²) in [6.45, 7) is 5.27. The molecule has 2 heteroatoms. The lowest BCUT2D eigenvalue weighted by molar-refractivity contribution is -0.235. The Balaban J connectivity index is 2.18. The molecule has 18 heavy (non-hydrogen) atoms. The van der Waals surface area contributed by atoms with Crippen LogP contribution in [-0.4, -0.2) is 11.6 Å². The van der Waals surface area contributed by atoms with Crippen molar-refractivity contribution in [2.24, 2.45) is 5.41 Å². The predicted molar refractivity (Wildman–Crippen MR) is 71.2 cm³/mol. The monoisotopic (exact) mass is 239 g/mol. The molecule has 2 heterocycles. The molecular formula is C16H17NO. The fraction of sp³-hybridized carbons (Fsp3) is 0.312. The highest BCUT2D eigenvalue weighted by molar-refractivity contribution is 5.40. The Labute approximate surface area is 108 Å². The van der Waals surface area contributed by atoms with E-state index < -0.39 is 0 Å². The van der Waals surface area contributed by atoms with Gasteiger partial charge in [0.15, 0.2) is 0 Å². The first kappa shape index (κ1) is 11.4. The molecule has 0 radical (unpaired) electrons. The topological polar surface area (TPSA) is 22.1 Å². The van der Waals surface area contributed by atoms with Gasteiger partial charge in [-0.15, -0.1) is 0 Å². The smallest absolute Gasteiger partial charge is 0.127 e.